The fraction of sp³-hybridized carbons (Fsp3) is 0.632. The summed E-state index contributed by atoms with van der Waals surface area (Å²) in [5, 5.41) is 6.77. The van der Waals surface area contributed by atoms with E-state index in [0.29, 0.717) is 6.54 Å². The largest absolute Gasteiger partial charge is 0.357 e. The van der Waals surface area contributed by atoms with Crippen LogP contribution in [0.5, 0.6) is 0 Å². The Kier molecular flexibility index (Phi) is 14.0. The van der Waals surface area contributed by atoms with Gasteiger partial charge in [0.05, 0.1) is 6.54 Å². The highest BCUT2D eigenvalue weighted by Crippen LogP contribution is 2.11. The summed E-state index contributed by atoms with van der Waals surface area (Å²) in [6.45, 7) is 7.89. The number of rotatable bonds is 10. The SMILES string of the molecule is CCCCCCNC(=NCc1ccccc1CN(C)C)NCC.I. The van der Waals surface area contributed by atoms with Crippen LogP contribution in [0.15, 0.2) is 29.3 Å². The maximum Gasteiger partial charge on any atom is 0.191 e. The zero-order chi connectivity index (χ0) is 16.9. The van der Waals surface area contributed by atoms with Crippen LogP contribution in [0.3, 0.4) is 0 Å². The van der Waals surface area contributed by atoms with Crippen molar-refractivity contribution in [1.29, 1.82) is 0 Å². The van der Waals surface area contributed by atoms with Crippen LogP contribution in [-0.2, 0) is 13.1 Å². The summed E-state index contributed by atoms with van der Waals surface area (Å²) >= 11 is 0. The summed E-state index contributed by atoms with van der Waals surface area (Å²) < 4.78 is 0. The minimum atomic E-state index is 0. The first kappa shape index (κ1) is 23.2. The lowest BCUT2D eigenvalue weighted by molar-refractivity contribution is 0.401. The molecule has 0 aliphatic carbocycles. The number of nitrogens with one attached hydrogen (secondary N) is 2. The van der Waals surface area contributed by atoms with E-state index in [0.717, 1.165) is 25.6 Å². The van der Waals surface area contributed by atoms with E-state index >= 15 is 0 Å². The van der Waals surface area contributed by atoms with Gasteiger partial charge in [-0.25, -0.2) is 4.99 Å². The van der Waals surface area contributed by atoms with Gasteiger partial charge in [0.2, 0.25) is 0 Å². The number of unbranched alkanes of at least 4 members (excludes halogenated alkanes) is 3. The zero-order valence-corrected chi connectivity index (χ0v) is 18.1. The van der Waals surface area contributed by atoms with E-state index < -0.39 is 0 Å². The summed E-state index contributed by atoms with van der Waals surface area (Å²) in [6, 6.07) is 8.56. The van der Waals surface area contributed by atoms with Crippen molar-refractivity contribution in [3.05, 3.63) is 35.4 Å². The van der Waals surface area contributed by atoms with Gasteiger partial charge >= 0.3 is 0 Å². The van der Waals surface area contributed by atoms with Crippen molar-refractivity contribution in [2.75, 3.05) is 27.2 Å². The van der Waals surface area contributed by atoms with Gasteiger partial charge in [-0.1, -0.05) is 50.5 Å². The third-order valence-electron chi connectivity index (χ3n) is 3.68. The van der Waals surface area contributed by atoms with Crippen LogP contribution >= 0.6 is 24.0 Å². The maximum atomic E-state index is 4.75. The Bertz CT molecular complexity index is 460. The Balaban J connectivity index is 0.00000529. The van der Waals surface area contributed by atoms with Gasteiger partial charge in [0, 0.05) is 19.6 Å². The molecule has 0 aromatic heterocycles. The molecule has 1 aromatic rings. The number of nitrogens with zero attached hydrogens (tertiary/aromatic N) is 2. The lowest BCUT2D eigenvalue weighted by Crippen LogP contribution is -2.37. The van der Waals surface area contributed by atoms with Gasteiger partial charge < -0.3 is 15.5 Å². The molecule has 0 spiro atoms. The van der Waals surface area contributed by atoms with E-state index in [2.05, 4.69) is 67.7 Å². The highest BCUT2D eigenvalue weighted by atomic mass is 127. The molecule has 0 saturated carbocycles. The fourth-order valence-electron chi connectivity index (χ4n) is 2.47. The van der Waals surface area contributed by atoms with Gasteiger partial charge in [0.25, 0.3) is 0 Å². The van der Waals surface area contributed by atoms with Crippen molar-refractivity contribution in [2.24, 2.45) is 4.99 Å². The molecule has 4 nitrogen and oxygen atoms in total. The van der Waals surface area contributed by atoms with Gasteiger partial charge in [-0.05, 0) is 38.6 Å². The first-order valence-electron chi connectivity index (χ1n) is 8.91. The lowest BCUT2D eigenvalue weighted by atomic mass is 10.1. The standard InChI is InChI=1S/C19H34N4.HI/c1-5-7-8-11-14-21-19(20-6-2)22-15-17-12-9-10-13-18(17)16-23(3)4;/h9-10,12-13H,5-8,11,14-16H2,1-4H3,(H2,20,21,22);1H. The van der Waals surface area contributed by atoms with Crippen LogP contribution in [0.25, 0.3) is 0 Å². The van der Waals surface area contributed by atoms with Crippen molar-refractivity contribution in [3.8, 4) is 0 Å². The number of hydrogen-bond donors (Lipinski definition) is 2. The molecule has 0 radical (unpaired) electrons. The van der Waals surface area contributed by atoms with Crippen LogP contribution in [0.4, 0.5) is 0 Å². The molecule has 5 heteroatoms. The molecule has 2 N–H and O–H groups in total. The molecule has 0 amide bonds. The molecule has 1 rings (SSSR count). The van der Waals surface area contributed by atoms with E-state index in [4.69, 9.17) is 4.99 Å². The molecule has 0 bridgehead atoms. The number of aliphatic imine (C=N–C) groups is 1. The quantitative estimate of drug-likeness (QED) is 0.247. The van der Waals surface area contributed by atoms with Crippen molar-refractivity contribution in [1.82, 2.24) is 15.5 Å². The Morgan fingerprint density at radius 1 is 1.00 bits per heavy atom. The number of halogens is 1. The van der Waals surface area contributed by atoms with Gasteiger partial charge in [-0.15, -0.1) is 24.0 Å². The third kappa shape index (κ3) is 10.1. The van der Waals surface area contributed by atoms with Gasteiger partial charge in [-0.3, -0.25) is 0 Å². The van der Waals surface area contributed by atoms with Gasteiger partial charge in [0.1, 0.15) is 0 Å². The Hall–Kier alpha value is -0.820. The summed E-state index contributed by atoms with van der Waals surface area (Å²) in [4.78, 5) is 6.94. The van der Waals surface area contributed by atoms with Gasteiger partial charge in [0.15, 0.2) is 5.96 Å². The average Bonchev–Trinajstić information content (AvgIpc) is 2.53. The second-order valence-corrected chi connectivity index (χ2v) is 6.19. The van der Waals surface area contributed by atoms with E-state index in [9.17, 15) is 0 Å². The molecule has 0 unspecified atom stereocenters. The normalized spacial score (nSPS) is 11.3. The van der Waals surface area contributed by atoms with Crippen molar-refractivity contribution >= 4 is 29.9 Å². The molecule has 0 saturated heterocycles. The molecular weight excluding hydrogens is 411 g/mol. The topological polar surface area (TPSA) is 39.7 Å². The number of hydrogen-bond acceptors (Lipinski definition) is 2. The van der Waals surface area contributed by atoms with Crippen LogP contribution in [0.1, 0.15) is 50.7 Å². The number of benzene rings is 1. The molecule has 0 heterocycles. The highest BCUT2D eigenvalue weighted by molar-refractivity contribution is 14.0. The second-order valence-electron chi connectivity index (χ2n) is 6.19. The summed E-state index contributed by atoms with van der Waals surface area (Å²) in [6.07, 6.45) is 5.08. The monoisotopic (exact) mass is 446 g/mol. The van der Waals surface area contributed by atoms with E-state index in [1.807, 2.05) is 0 Å². The summed E-state index contributed by atoms with van der Waals surface area (Å²) in [7, 11) is 4.20. The molecular formula is C19H35IN4. The maximum absolute atomic E-state index is 4.75. The smallest absolute Gasteiger partial charge is 0.191 e. The predicted octanol–water partition coefficient (Wildman–Crippen LogP) is 4.00. The first-order chi connectivity index (χ1) is 11.2. The van der Waals surface area contributed by atoms with Crippen LogP contribution < -0.4 is 10.6 Å². The van der Waals surface area contributed by atoms with Crippen molar-refractivity contribution < 1.29 is 0 Å². The average molecular weight is 446 g/mol. The van der Waals surface area contributed by atoms with Crippen LogP contribution in [0, 0.1) is 0 Å². The lowest BCUT2D eigenvalue weighted by Gasteiger charge is -2.14. The van der Waals surface area contributed by atoms with E-state index in [1.54, 1.807) is 0 Å². The van der Waals surface area contributed by atoms with E-state index in [1.165, 1.54) is 36.8 Å². The predicted molar refractivity (Wildman–Crippen MR) is 116 cm³/mol. The summed E-state index contributed by atoms with van der Waals surface area (Å²) in [5.41, 5.74) is 2.64. The fourth-order valence-corrected chi connectivity index (χ4v) is 2.47. The van der Waals surface area contributed by atoms with Crippen LogP contribution in [-0.4, -0.2) is 38.0 Å². The third-order valence-corrected chi connectivity index (χ3v) is 3.68. The molecule has 138 valence electrons. The molecule has 0 fully saturated rings. The molecule has 24 heavy (non-hydrogen) atoms. The Morgan fingerprint density at radius 2 is 1.71 bits per heavy atom. The second kappa shape index (κ2) is 14.5. The minimum absolute atomic E-state index is 0. The zero-order valence-electron chi connectivity index (χ0n) is 15.8. The first-order valence-corrected chi connectivity index (χ1v) is 8.91. The Labute approximate surface area is 165 Å². The molecule has 0 atom stereocenters. The molecule has 1 aromatic carbocycles. The van der Waals surface area contributed by atoms with Crippen LogP contribution in [0.2, 0.25) is 0 Å². The van der Waals surface area contributed by atoms with Crippen molar-refractivity contribution in [2.45, 2.75) is 52.6 Å². The number of guanidine groups is 1. The molecule has 0 aliphatic heterocycles. The minimum Gasteiger partial charge on any atom is -0.357 e. The molecule has 0 aliphatic rings. The highest BCUT2D eigenvalue weighted by Gasteiger charge is 2.03. The summed E-state index contributed by atoms with van der Waals surface area (Å²) in [5.74, 6) is 0.920. The Morgan fingerprint density at radius 3 is 2.33 bits per heavy atom. The van der Waals surface area contributed by atoms with Gasteiger partial charge in [-0.2, -0.15) is 0 Å². The van der Waals surface area contributed by atoms with Crippen molar-refractivity contribution in [3.63, 3.8) is 0 Å². The van der Waals surface area contributed by atoms with E-state index in [-0.39, 0.29) is 24.0 Å².